The highest BCUT2D eigenvalue weighted by Crippen LogP contribution is 2.19. The molecular weight excluding hydrogens is 188 g/mol. The van der Waals surface area contributed by atoms with E-state index >= 15 is 0 Å². The van der Waals surface area contributed by atoms with Gasteiger partial charge < -0.3 is 5.32 Å². The van der Waals surface area contributed by atoms with Crippen molar-refractivity contribution in [2.24, 2.45) is 0 Å². The summed E-state index contributed by atoms with van der Waals surface area (Å²) in [6.07, 6.45) is 0.469. The SMILES string of the molecule is CNC(=O)c1cccc(C(C)CC#N)c1. The van der Waals surface area contributed by atoms with Crippen LogP contribution in [0.25, 0.3) is 0 Å². The van der Waals surface area contributed by atoms with Crippen LogP contribution in [0.3, 0.4) is 0 Å². The maximum absolute atomic E-state index is 11.4. The average molecular weight is 202 g/mol. The number of benzene rings is 1. The first-order valence-corrected chi connectivity index (χ1v) is 4.88. The Morgan fingerprint density at radius 2 is 2.33 bits per heavy atom. The molecule has 0 radical (unpaired) electrons. The lowest BCUT2D eigenvalue weighted by Crippen LogP contribution is -2.17. The number of amides is 1. The first kappa shape index (κ1) is 11.3. The zero-order chi connectivity index (χ0) is 11.3. The van der Waals surface area contributed by atoms with Crippen LogP contribution in [-0.2, 0) is 0 Å². The number of hydrogen-bond acceptors (Lipinski definition) is 2. The van der Waals surface area contributed by atoms with Gasteiger partial charge in [-0.2, -0.15) is 5.26 Å². The lowest BCUT2D eigenvalue weighted by Gasteiger charge is -2.08. The summed E-state index contributed by atoms with van der Waals surface area (Å²) in [6, 6.07) is 9.51. The Bertz CT molecular complexity index is 393. The molecule has 15 heavy (non-hydrogen) atoms. The number of carbonyl (C=O) groups excluding carboxylic acids is 1. The topological polar surface area (TPSA) is 52.9 Å². The zero-order valence-corrected chi connectivity index (χ0v) is 8.95. The monoisotopic (exact) mass is 202 g/mol. The van der Waals surface area contributed by atoms with Gasteiger partial charge >= 0.3 is 0 Å². The second kappa shape index (κ2) is 5.16. The molecule has 0 spiro atoms. The highest BCUT2D eigenvalue weighted by atomic mass is 16.1. The highest BCUT2D eigenvalue weighted by Gasteiger charge is 2.08. The van der Waals surface area contributed by atoms with Crippen LogP contribution >= 0.6 is 0 Å². The lowest BCUT2D eigenvalue weighted by molar-refractivity contribution is 0.0963. The van der Waals surface area contributed by atoms with E-state index in [1.54, 1.807) is 13.1 Å². The van der Waals surface area contributed by atoms with Crippen LogP contribution in [0.2, 0.25) is 0 Å². The van der Waals surface area contributed by atoms with E-state index in [1.165, 1.54) is 0 Å². The van der Waals surface area contributed by atoms with Crippen molar-refractivity contribution >= 4 is 5.91 Å². The molecule has 0 bridgehead atoms. The van der Waals surface area contributed by atoms with Crippen molar-refractivity contribution in [3.8, 4) is 6.07 Å². The molecule has 0 saturated heterocycles. The fourth-order valence-electron chi connectivity index (χ4n) is 1.39. The molecule has 0 aliphatic heterocycles. The van der Waals surface area contributed by atoms with Crippen molar-refractivity contribution in [2.75, 3.05) is 7.05 Å². The molecule has 1 atom stereocenters. The Kier molecular flexibility index (Phi) is 3.87. The summed E-state index contributed by atoms with van der Waals surface area (Å²) in [7, 11) is 1.60. The molecule has 1 aromatic carbocycles. The van der Waals surface area contributed by atoms with E-state index in [-0.39, 0.29) is 11.8 Å². The standard InChI is InChI=1S/C12H14N2O/c1-9(6-7-13)10-4-3-5-11(8-10)12(15)14-2/h3-5,8-9H,6H2,1-2H3,(H,14,15). The second-order valence-corrected chi connectivity index (χ2v) is 3.47. The predicted octanol–water partition coefficient (Wildman–Crippen LogP) is 2.06. The maximum Gasteiger partial charge on any atom is 0.251 e. The van der Waals surface area contributed by atoms with Crippen molar-refractivity contribution in [1.29, 1.82) is 5.26 Å². The third-order valence-electron chi connectivity index (χ3n) is 2.34. The summed E-state index contributed by atoms with van der Waals surface area (Å²) in [5.41, 5.74) is 1.66. The molecule has 0 aromatic heterocycles. The molecule has 0 saturated carbocycles. The smallest absolute Gasteiger partial charge is 0.251 e. The van der Waals surface area contributed by atoms with Crippen molar-refractivity contribution in [3.63, 3.8) is 0 Å². The van der Waals surface area contributed by atoms with E-state index in [2.05, 4.69) is 11.4 Å². The minimum absolute atomic E-state index is 0.0963. The van der Waals surface area contributed by atoms with E-state index < -0.39 is 0 Å². The molecule has 3 heteroatoms. The zero-order valence-electron chi connectivity index (χ0n) is 8.95. The van der Waals surface area contributed by atoms with Crippen molar-refractivity contribution in [1.82, 2.24) is 5.32 Å². The molecule has 3 nitrogen and oxygen atoms in total. The summed E-state index contributed by atoms with van der Waals surface area (Å²) in [5.74, 6) is 0.0700. The van der Waals surface area contributed by atoms with Crippen molar-refractivity contribution in [3.05, 3.63) is 35.4 Å². The average Bonchev–Trinajstić information content (AvgIpc) is 2.28. The van der Waals surface area contributed by atoms with Crippen LogP contribution < -0.4 is 5.32 Å². The Hall–Kier alpha value is -1.82. The van der Waals surface area contributed by atoms with Gasteiger partial charge in [0.15, 0.2) is 0 Å². The third-order valence-corrected chi connectivity index (χ3v) is 2.34. The van der Waals surface area contributed by atoms with E-state index in [0.717, 1.165) is 5.56 Å². The molecule has 1 aromatic rings. The summed E-state index contributed by atoms with van der Waals surface area (Å²) in [5, 5.41) is 11.2. The first-order valence-electron chi connectivity index (χ1n) is 4.88. The third kappa shape index (κ3) is 2.81. The normalized spacial score (nSPS) is 11.5. The van der Waals surface area contributed by atoms with Gasteiger partial charge in [0.1, 0.15) is 0 Å². The van der Waals surface area contributed by atoms with Crippen LogP contribution in [-0.4, -0.2) is 13.0 Å². The summed E-state index contributed by atoms with van der Waals surface area (Å²) >= 11 is 0. The molecule has 1 rings (SSSR count). The quantitative estimate of drug-likeness (QED) is 0.815. The molecule has 1 amide bonds. The van der Waals surface area contributed by atoms with Crippen LogP contribution in [0, 0.1) is 11.3 Å². The Morgan fingerprint density at radius 1 is 1.60 bits per heavy atom. The lowest BCUT2D eigenvalue weighted by atomic mass is 9.96. The molecule has 0 aliphatic carbocycles. The van der Waals surface area contributed by atoms with Crippen molar-refractivity contribution in [2.45, 2.75) is 19.3 Å². The fraction of sp³-hybridized carbons (Fsp3) is 0.333. The summed E-state index contributed by atoms with van der Waals surface area (Å²) in [4.78, 5) is 11.4. The van der Waals surface area contributed by atoms with Crippen molar-refractivity contribution < 1.29 is 4.79 Å². The van der Waals surface area contributed by atoms with Gasteiger partial charge in [0.2, 0.25) is 0 Å². The molecule has 0 aliphatic rings. The minimum atomic E-state index is -0.0963. The Labute approximate surface area is 89.7 Å². The van der Waals surface area contributed by atoms with Gasteiger partial charge in [0, 0.05) is 19.0 Å². The molecule has 0 fully saturated rings. The summed E-state index contributed by atoms with van der Waals surface area (Å²) in [6.45, 7) is 1.98. The maximum atomic E-state index is 11.4. The Balaban J connectivity index is 2.93. The Morgan fingerprint density at radius 3 is 2.93 bits per heavy atom. The van der Waals surface area contributed by atoms with Crippen LogP contribution in [0.4, 0.5) is 0 Å². The molecule has 1 unspecified atom stereocenters. The number of nitrogens with one attached hydrogen (secondary N) is 1. The second-order valence-electron chi connectivity index (χ2n) is 3.47. The first-order chi connectivity index (χ1) is 7.19. The number of hydrogen-bond donors (Lipinski definition) is 1. The van der Waals surface area contributed by atoms with Gasteiger partial charge in [0.05, 0.1) is 6.07 Å². The summed E-state index contributed by atoms with van der Waals surface area (Å²) < 4.78 is 0. The minimum Gasteiger partial charge on any atom is -0.355 e. The van der Waals surface area contributed by atoms with Gasteiger partial charge in [-0.05, 0) is 23.6 Å². The van der Waals surface area contributed by atoms with Crippen LogP contribution in [0.15, 0.2) is 24.3 Å². The van der Waals surface area contributed by atoms with Gasteiger partial charge in [0.25, 0.3) is 5.91 Å². The van der Waals surface area contributed by atoms with Gasteiger partial charge in [-0.3, -0.25) is 4.79 Å². The largest absolute Gasteiger partial charge is 0.355 e. The number of nitriles is 1. The van der Waals surface area contributed by atoms with Gasteiger partial charge in [-0.1, -0.05) is 19.1 Å². The molecule has 78 valence electrons. The van der Waals surface area contributed by atoms with Gasteiger partial charge in [-0.15, -0.1) is 0 Å². The number of rotatable bonds is 3. The number of nitrogens with zero attached hydrogens (tertiary/aromatic N) is 1. The van der Waals surface area contributed by atoms with Crippen LogP contribution in [0.5, 0.6) is 0 Å². The van der Waals surface area contributed by atoms with Crippen LogP contribution in [0.1, 0.15) is 35.2 Å². The van der Waals surface area contributed by atoms with E-state index in [9.17, 15) is 4.79 Å². The van der Waals surface area contributed by atoms with E-state index in [0.29, 0.717) is 12.0 Å². The molecular formula is C12H14N2O. The molecule has 0 heterocycles. The molecule has 1 N–H and O–H groups in total. The fourth-order valence-corrected chi connectivity index (χ4v) is 1.39. The predicted molar refractivity (Wildman–Crippen MR) is 58.5 cm³/mol. The van der Waals surface area contributed by atoms with E-state index in [1.807, 2.05) is 25.1 Å². The van der Waals surface area contributed by atoms with Gasteiger partial charge in [-0.25, -0.2) is 0 Å². The number of carbonyl (C=O) groups is 1. The highest BCUT2D eigenvalue weighted by molar-refractivity contribution is 5.94. The van der Waals surface area contributed by atoms with E-state index in [4.69, 9.17) is 5.26 Å².